The van der Waals surface area contributed by atoms with Crippen LogP contribution in [0.3, 0.4) is 0 Å². The smallest absolute Gasteiger partial charge is 0.175 e. The number of hydrogen-bond donors (Lipinski definition) is 3. The molecule has 118 valence electrons. The minimum atomic E-state index is -1.72. The van der Waals surface area contributed by atoms with E-state index in [1.165, 1.54) is 58.3 Å². The Morgan fingerprint density at radius 3 is 1.58 bits per heavy atom. The quantitative estimate of drug-likeness (QED) is 0.373. The minimum absolute atomic E-state index is 0. The van der Waals surface area contributed by atoms with E-state index in [1.807, 2.05) is 0 Å². The molecule has 0 spiro atoms. The lowest BCUT2D eigenvalue weighted by Crippen LogP contribution is -2.45. The van der Waals surface area contributed by atoms with Gasteiger partial charge in [-0.1, -0.05) is 71.1 Å². The highest BCUT2D eigenvalue weighted by molar-refractivity contribution is 8.93. The minimum Gasteiger partial charge on any atom is -0.365 e. The van der Waals surface area contributed by atoms with Gasteiger partial charge in [-0.05, 0) is 13.3 Å². The molecule has 1 unspecified atom stereocenters. The first kappa shape index (κ1) is 21.7. The summed E-state index contributed by atoms with van der Waals surface area (Å²) in [4.78, 5) is 0. The Labute approximate surface area is 129 Å². The largest absolute Gasteiger partial charge is 0.365 e. The summed E-state index contributed by atoms with van der Waals surface area (Å²) in [5, 5.41) is 18.5. The van der Waals surface area contributed by atoms with Crippen molar-refractivity contribution in [2.24, 2.45) is 5.73 Å². The third kappa shape index (κ3) is 14.6. The van der Waals surface area contributed by atoms with Crippen molar-refractivity contribution in [2.75, 3.05) is 0 Å². The number of nitrogens with two attached hydrogens (primary N) is 1. The van der Waals surface area contributed by atoms with Crippen molar-refractivity contribution >= 4 is 17.0 Å². The summed E-state index contributed by atoms with van der Waals surface area (Å²) in [7, 11) is 0. The highest BCUT2D eigenvalue weighted by atomic mass is 79.9. The molecule has 0 saturated carbocycles. The van der Waals surface area contributed by atoms with Crippen molar-refractivity contribution in [3.05, 3.63) is 0 Å². The van der Waals surface area contributed by atoms with Crippen molar-refractivity contribution in [1.82, 2.24) is 0 Å². The molecule has 4 N–H and O–H groups in total. The third-order valence-corrected chi connectivity index (χ3v) is 3.57. The summed E-state index contributed by atoms with van der Waals surface area (Å²) in [6.45, 7) is 3.60. The Morgan fingerprint density at radius 1 is 0.842 bits per heavy atom. The van der Waals surface area contributed by atoms with E-state index in [4.69, 9.17) is 5.73 Å². The second kappa shape index (κ2) is 13.3. The highest BCUT2D eigenvalue weighted by Gasteiger charge is 2.24. The van der Waals surface area contributed by atoms with Crippen LogP contribution in [0.2, 0.25) is 0 Å². The van der Waals surface area contributed by atoms with Crippen LogP contribution in [0.4, 0.5) is 0 Å². The van der Waals surface area contributed by atoms with Crippen molar-refractivity contribution in [1.29, 1.82) is 0 Å². The normalized spacial score (nSPS) is 13.1. The third-order valence-electron chi connectivity index (χ3n) is 3.57. The first-order valence-electron chi connectivity index (χ1n) is 7.68. The molecule has 0 radical (unpaired) electrons. The first-order chi connectivity index (χ1) is 8.48. The van der Waals surface area contributed by atoms with Crippen molar-refractivity contribution in [3.63, 3.8) is 0 Å². The molecule has 0 saturated heterocycles. The van der Waals surface area contributed by atoms with Crippen molar-refractivity contribution in [3.8, 4) is 0 Å². The average molecular weight is 340 g/mol. The van der Waals surface area contributed by atoms with Crippen LogP contribution in [0, 0.1) is 0 Å². The predicted molar refractivity (Wildman–Crippen MR) is 87.6 cm³/mol. The SMILES string of the molecule is Br.CCCCCCCCCCCCC(N)C(C)(O)O. The van der Waals surface area contributed by atoms with Gasteiger partial charge in [-0.3, -0.25) is 0 Å². The van der Waals surface area contributed by atoms with E-state index in [1.54, 1.807) is 0 Å². The molecule has 0 rings (SSSR count). The van der Waals surface area contributed by atoms with Gasteiger partial charge in [-0.2, -0.15) is 0 Å². The fourth-order valence-corrected chi connectivity index (χ4v) is 2.13. The zero-order valence-electron chi connectivity index (χ0n) is 12.7. The van der Waals surface area contributed by atoms with E-state index < -0.39 is 11.8 Å². The Kier molecular flexibility index (Phi) is 15.2. The van der Waals surface area contributed by atoms with Crippen LogP contribution in [-0.4, -0.2) is 22.0 Å². The van der Waals surface area contributed by atoms with Gasteiger partial charge in [0.2, 0.25) is 0 Å². The number of aliphatic hydroxyl groups is 2. The van der Waals surface area contributed by atoms with Gasteiger partial charge in [0, 0.05) is 0 Å². The Hall–Kier alpha value is 0.360. The maximum absolute atomic E-state index is 9.26. The molecule has 0 aliphatic rings. The monoisotopic (exact) mass is 339 g/mol. The number of rotatable bonds is 12. The zero-order chi connectivity index (χ0) is 13.9. The molecule has 0 aromatic rings. The van der Waals surface area contributed by atoms with E-state index >= 15 is 0 Å². The van der Waals surface area contributed by atoms with Gasteiger partial charge in [0.05, 0.1) is 6.04 Å². The van der Waals surface area contributed by atoms with Crippen LogP contribution in [0.5, 0.6) is 0 Å². The van der Waals surface area contributed by atoms with Crippen LogP contribution in [-0.2, 0) is 0 Å². The van der Waals surface area contributed by atoms with Crippen LogP contribution in [0.1, 0.15) is 84.5 Å². The summed E-state index contributed by atoms with van der Waals surface area (Å²) in [6.07, 6.45) is 13.5. The molecule has 0 heterocycles. The van der Waals surface area contributed by atoms with E-state index in [0.717, 1.165) is 12.8 Å². The molecule has 0 aromatic heterocycles. The molecule has 4 heteroatoms. The van der Waals surface area contributed by atoms with E-state index in [9.17, 15) is 10.2 Å². The lowest BCUT2D eigenvalue weighted by atomic mass is 10.0. The second-order valence-corrected chi connectivity index (χ2v) is 5.67. The van der Waals surface area contributed by atoms with Crippen LogP contribution in [0.25, 0.3) is 0 Å². The van der Waals surface area contributed by atoms with Gasteiger partial charge in [0.25, 0.3) is 0 Å². The zero-order valence-corrected chi connectivity index (χ0v) is 14.4. The first-order valence-corrected chi connectivity index (χ1v) is 7.68. The van der Waals surface area contributed by atoms with Gasteiger partial charge in [-0.15, -0.1) is 17.0 Å². The molecule has 0 bridgehead atoms. The Morgan fingerprint density at radius 2 is 1.21 bits per heavy atom. The number of hydrogen-bond acceptors (Lipinski definition) is 3. The number of unbranched alkanes of at least 4 members (excludes halogenated alkanes) is 9. The Balaban J connectivity index is 0. The van der Waals surface area contributed by atoms with E-state index in [2.05, 4.69) is 6.92 Å². The Bertz CT molecular complexity index is 183. The standard InChI is InChI=1S/C15H33NO2.BrH/c1-3-4-5-6-7-8-9-10-11-12-13-14(16)15(2,17)18;/h14,17-18H,3-13,16H2,1-2H3;1H. The van der Waals surface area contributed by atoms with Gasteiger partial charge in [0.1, 0.15) is 0 Å². The molecule has 3 nitrogen and oxygen atoms in total. The molecule has 19 heavy (non-hydrogen) atoms. The van der Waals surface area contributed by atoms with Gasteiger partial charge in [0.15, 0.2) is 5.79 Å². The van der Waals surface area contributed by atoms with Gasteiger partial charge < -0.3 is 15.9 Å². The van der Waals surface area contributed by atoms with Gasteiger partial charge in [-0.25, -0.2) is 0 Å². The average Bonchev–Trinajstić information content (AvgIpc) is 2.30. The second-order valence-electron chi connectivity index (χ2n) is 5.67. The predicted octanol–water partition coefficient (Wildman–Crippen LogP) is 3.90. The van der Waals surface area contributed by atoms with E-state index in [-0.39, 0.29) is 17.0 Å². The summed E-state index contributed by atoms with van der Waals surface area (Å²) >= 11 is 0. The molecule has 0 amide bonds. The molecule has 0 aliphatic carbocycles. The fourth-order valence-electron chi connectivity index (χ4n) is 2.13. The van der Waals surface area contributed by atoms with Crippen LogP contribution >= 0.6 is 17.0 Å². The topological polar surface area (TPSA) is 66.5 Å². The molecule has 0 fully saturated rings. The fraction of sp³-hybridized carbons (Fsp3) is 1.00. The maximum Gasteiger partial charge on any atom is 0.175 e. The van der Waals surface area contributed by atoms with Gasteiger partial charge >= 0.3 is 0 Å². The van der Waals surface area contributed by atoms with Crippen LogP contribution in [0.15, 0.2) is 0 Å². The summed E-state index contributed by atoms with van der Waals surface area (Å²) in [5.74, 6) is -1.72. The maximum atomic E-state index is 9.26. The highest BCUT2D eigenvalue weighted by Crippen LogP contribution is 2.14. The molecular weight excluding hydrogens is 306 g/mol. The van der Waals surface area contributed by atoms with Crippen molar-refractivity contribution < 1.29 is 10.2 Å². The van der Waals surface area contributed by atoms with Crippen molar-refractivity contribution in [2.45, 2.75) is 96.3 Å². The molecule has 0 aromatic carbocycles. The molecule has 0 aliphatic heterocycles. The van der Waals surface area contributed by atoms with E-state index in [0.29, 0.717) is 6.42 Å². The molecular formula is C15H34BrNO2. The lowest BCUT2D eigenvalue weighted by Gasteiger charge is -2.23. The molecule has 1 atom stereocenters. The number of halogens is 1. The summed E-state index contributed by atoms with van der Waals surface area (Å²) < 4.78 is 0. The summed E-state index contributed by atoms with van der Waals surface area (Å²) in [6, 6.07) is -0.522. The summed E-state index contributed by atoms with van der Waals surface area (Å²) in [5.41, 5.74) is 5.66. The van der Waals surface area contributed by atoms with Crippen LogP contribution < -0.4 is 5.73 Å². The lowest BCUT2D eigenvalue weighted by molar-refractivity contribution is -0.162.